The van der Waals surface area contributed by atoms with E-state index in [2.05, 4.69) is 43.2 Å². The van der Waals surface area contributed by atoms with E-state index in [-0.39, 0.29) is 5.69 Å². The topological polar surface area (TPSA) is 86.6 Å². The first-order valence-electron chi connectivity index (χ1n) is 11.3. The van der Waals surface area contributed by atoms with Crippen LogP contribution in [0.2, 0.25) is 5.02 Å². The number of aromatic nitrogens is 1. The molecule has 7 nitrogen and oxygen atoms in total. The number of nitrogens with zero attached hydrogens (tertiary/aromatic N) is 2. The van der Waals surface area contributed by atoms with Crippen LogP contribution in [0.4, 0.5) is 21.9 Å². The van der Waals surface area contributed by atoms with Gasteiger partial charge in [-0.05, 0) is 66.4 Å². The quantitative estimate of drug-likeness (QED) is 0.321. The van der Waals surface area contributed by atoms with Crippen molar-refractivity contribution in [3.05, 3.63) is 71.5 Å². The molecule has 3 aromatic rings. The molecule has 0 unspecified atom stereocenters. The second-order valence-electron chi connectivity index (χ2n) is 9.05. The monoisotopic (exact) mass is 482 g/mol. The molecule has 0 atom stereocenters. The predicted octanol–water partition coefficient (Wildman–Crippen LogP) is 6.59. The Balaban J connectivity index is 2.00. The number of benzene rings is 2. The minimum Gasteiger partial charge on any atom is -0.477 e. The van der Waals surface area contributed by atoms with E-state index in [4.69, 9.17) is 11.6 Å². The first-order chi connectivity index (χ1) is 16.1. The van der Waals surface area contributed by atoms with E-state index in [1.54, 1.807) is 53.2 Å². The number of anilines is 3. The Hall–Kier alpha value is -3.45. The fraction of sp³-hybridized carbons (Fsp3) is 0.308. The van der Waals surface area contributed by atoms with Gasteiger partial charge in [-0.1, -0.05) is 39.3 Å². The molecule has 0 bridgehead atoms. The molecular weight excluding hydrogens is 452 g/mol. The maximum absolute atomic E-state index is 12.9. The highest BCUT2D eigenvalue weighted by Gasteiger charge is 2.18. The van der Waals surface area contributed by atoms with Crippen molar-refractivity contribution in [2.24, 2.45) is 11.8 Å². The minimum absolute atomic E-state index is 0.144. The van der Waals surface area contributed by atoms with Gasteiger partial charge in [0.1, 0.15) is 5.69 Å². The van der Waals surface area contributed by atoms with Crippen LogP contribution in [0.5, 0.6) is 0 Å². The lowest BCUT2D eigenvalue weighted by molar-refractivity contribution is 0.0688. The summed E-state index contributed by atoms with van der Waals surface area (Å²) in [4.78, 5) is 26.8. The zero-order valence-electron chi connectivity index (χ0n) is 19.9. The van der Waals surface area contributed by atoms with E-state index in [1.165, 1.54) is 0 Å². The van der Waals surface area contributed by atoms with Crippen LogP contribution in [0, 0.1) is 11.8 Å². The van der Waals surface area contributed by atoms with Gasteiger partial charge in [-0.15, -0.1) is 0 Å². The molecule has 0 spiro atoms. The molecule has 0 aliphatic heterocycles. The van der Waals surface area contributed by atoms with Crippen LogP contribution in [-0.4, -0.2) is 34.8 Å². The molecule has 0 saturated carbocycles. The molecule has 0 aliphatic rings. The summed E-state index contributed by atoms with van der Waals surface area (Å²) in [5, 5.41) is 15.9. The third-order valence-corrected chi connectivity index (χ3v) is 5.34. The average molecular weight is 483 g/mol. The highest BCUT2D eigenvalue weighted by Crippen LogP contribution is 2.31. The van der Waals surface area contributed by atoms with Crippen molar-refractivity contribution in [2.45, 2.75) is 27.7 Å². The van der Waals surface area contributed by atoms with Crippen LogP contribution in [0.25, 0.3) is 5.69 Å². The number of halogens is 1. The number of carbonyl (C=O) groups excluding carboxylic acids is 1. The van der Waals surface area contributed by atoms with Crippen LogP contribution in [0.3, 0.4) is 0 Å². The summed E-state index contributed by atoms with van der Waals surface area (Å²) in [7, 11) is 0. The number of carbonyl (C=O) groups is 2. The Morgan fingerprint density at radius 2 is 1.62 bits per heavy atom. The number of urea groups is 1. The summed E-state index contributed by atoms with van der Waals surface area (Å²) in [5.41, 5.74) is 2.86. The van der Waals surface area contributed by atoms with Crippen molar-refractivity contribution in [3.8, 4) is 5.69 Å². The zero-order valence-corrected chi connectivity index (χ0v) is 20.6. The molecular formula is C26H31ClN4O3. The van der Waals surface area contributed by atoms with E-state index in [0.29, 0.717) is 33.9 Å². The Kier molecular flexibility index (Phi) is 8.23. The Labute approximate surface area is 205 Å². The van der Waals surface area contributed by atoms with E-state index in [0.717, 1.165) is 18.8 Å². The lowest BCUT2D eigenvalue weighted by atomic mass is 10.1. The standard InChI is InChI=1S/C26H31ClN4O3/c1-17(2)15-30(16-18(3)4)23-12-11-21(31-13-5-6-24(31)25(32)33)14-22(23)29-26(34)28-20-9-7-19(27)8-10-20/h5-14,17-18H,15-16H2,1-4H3,(H,32,33)(H2,28,29,34). The summed E-state index contributed by atoms with van der Waals surface area (Å²) >= 11 is 5.94. The van der Waals surface area contributed by atoms with Gasteiger partial charge in [-0.2, -0.15) is 0 Å². The van der Waals surface area contributed by atoms with Crippen molar-refractivity contribution in [2.75, 3.05) is 28.6 Å². The molecule has 0 fully saturated rings. The average Bonchev–Trinajstić information content (AvgIpc) is 3.24. The lowest BCUT2D eigenvalue weighted by Crippen LogP contribution is -2.32. The summed E-state index contributed by atoms with van der Waals surface area (Å²) in [6.07, 6.45) is 1.69. The van der Waals surface area contributed by atoms with Gasteiger partial charge >= 0.3 is 12.0 Å². The van der Waals surface area contributed by atoms with Gasteiger partial charge in [0.05, 0.1) is 11.4 Å². The Bertz CT molecular complexity index is 1130. The molecule has 2 amide bonds. The molecule has 0 aliphatic carbocycles. The summed E-state index contributed by atoms with van der Waals surface area (Å²) in [6.45, 7) is 10.2. The number of nitrogens with one attached hydrogen (secondary N) is 2. The van der Waals surface area contributed by atoms with Gasteiger partial charge < -0.3 is 25.2 Å². The van der Waals surface area contributed by atoms with Crippen molar-refractivity contribution in [3.63, 3.8) is 0 Å². The van der Waals surface area contributed by atoms with Gasteiger partial charge in [0, 0.05) is 35.7 Å². The molecule has 8 heteroatoms. The number of rotatable bonds is 9. The molecule has 1 aromatic heterocycles. The van der Waals surface area contributed by atoms with E-state index in [1.807, 2.05) is 12.1 Å². The van der Waals surface area contributed by atoms with Crippen molar-refractivity contribution in [1.82, 2.24) is 4.57 Å². The van der Waals surface area contributed by atoms with Gasteiger partial charge in [0.15, 0.2) is 0 Å². The molecule has 0 saturated heterocycles. The molecule has 1 heterocycles. The van der Waals surface area contributed by atoms with E-state index < -0.39 is 12.0 Å². The maximum Gasteiger partial charge on any atom is 0.352 e. The number of hydrogen-bond donors (Lipinski definition) is 3. The number of aromatic carboxylic acids is 1. The van der Waals surface area contributed by atoms with E-state index >= 15 is 0 Å². The molecule has 180 valence electrons. The second-order valence-corrected chi connectivity index (χ2v) is 9.49. The fourth-order valence-corrected chi connectivity index (χ4v) is 3.93. The van der Waals surface area contributed by atoms with Gasteiger partial charge in [0.25, 0.3) is 0 Å². The van der Waals surface area contributed by atoms with Crippen molar-refractivity contribution in [1.29, 1.82) is 0 Å². The molecule has 3 N–H and O–H groups in total. The van der Waals surface area contributed by atoms with Gasteiger partial charge in [-0.25, -0.2) is 9.59 Å². The predicted molar refractivity (Wildman–Crippen MR) is 139 cm³/mol. The van der Waals surface area contributed by atoms with Crippen molar-refractivity contribution < 1.29 is 14.7 Å². The maximum atomic E-state index is 12.9. The molecule has 0 radical (unpaired) electrons. The third kappa shape index (κ3) is 6.54. The second kappa shape index (κ2) is 11.1. The highest BCUT2D eigenvalue weighted by atomic mass is 35.5. The molecule has 34 heavy (non-hydrogen) atoms. The first-order valence-corrected chi connectivity index (χ1v) is 11.7. The Morgan fingerprint density at radius 3 is 2.21 bits per heavy atom. The van der Waals surface area contributed by atoms with Crippen molar-refractivity contribution >= 4 is 40.7 Å². The fourth-order valence-electron chi connectivity index (χ4n) is 3.80. The normalized spacial score (nSPS) is 11.0. The van der Waals surface area contributed by atoms with Gasteiger partial charge in [0.2, 0.25) is 0 Å². The third-order valence-electron chi connectivity index (χ3n) is 5.09. The van der Waals surface area contributed by atoms with E-state index in [9.17, 15) is 14.7 Å². The van der Waals surface area contributed by atoms with Crippen LogP contribution >= 0.6 is 11.6 Å². The number of carboxylic acid groups (broad SMARTS) is 1. The number of amides is 2. The number of carboxylic acids is 1. The van der Waals surface area contributed by atoms with Gasteiger partial charge in [-0.3, -0.25) is 0 Å². The lowest BCUT2D eigenvalue weighted by Gasteiger charge is -2.31. The summed E-state index contributed by atoms with van der Waals surface area (Å²) < 4.78 is 1.59. The largest absolute Gasteiger partial charge is 0.477 e. The summed E-state index contributed by atoms with van der Waals surface area (Å²) in [6, 6.07) is 15.3. The highest BCUT2D eigenvalue weighted by molar-refractivity contribution is 6.30. The molecule has 2 aromatic carbocycles. The molecule has 3 rings (SSSR count). The smallest absolute Gasteiger partial charge is 0.352 e. The Morgan fingerprint density at radius 1 is 0.971 bits per heavy atom. The van der Waals surface area contributed by atoms with Crippen LogP contribution in [0.15, 0.2) is 60.8 Å². The SMILES string of the molecule is CC(C)CN(CC(C)C)c1ccc(-n2cccc2C(=O)O)cc1NC(=O)Nc1ccc(Cl)cc1. The number of hydrogen-bond acceptors (Lipinski definition) is 3. The minimum atomic E-state index is -1.02. The first kappa shape index (κ1) is 25.2. The summed E-state index contributed by atoms with van der Waals surface area (Å²) in [5.74, 6) is -0.195. The van der Waals surface area contributed by atoms with Crippen LogP contribution in [0.1, 0.15) is 38.2 Å². The van der Waals surface area contributed by atoms with Crippen LogP contribution in [-0.2, 0) is 0 Å². The van der Waals surface area contributed by atoms with Crippen LogP contribution < -0.4 is 15.5 Å². The zero-order chi connectivity index (χ0) is 24.8.